The normalized spacial score (nSPS) is 11.2. The largest absolute Gasteiger partial charge is 0.369 e. The summed E-state index contributed by atoms with van der Waals surface area (Å²) in [5.74, 6) is -0.296. The van der Waals surface area contributed by atoms with Crippen LogP contribution in [0.4, 0.5) is 0 Å². The molecule has 9 heavy (non-hydrogen) atoms. The summed E-state index contributed by atoms with van der Waals surface area (Å²) in [6.45, 7) is 1.91. The Hall–Kier alpha value is -1.05. The van der Waals surface area contributed by atoms with Crippen molar-refractivity contribution in [3.05, 3.63) is 24.3 Å². The van der Waals surface area contributed by atoms with Gasteiger partial charge in [-0.25, -0.2) is 0 Å². The van der Waals surface area contributed by atoms with Crippen molar-refractivity contribution in [3.8, 4) is 0 Å². The van der Waals surface area contributed by atoms with Crippen LogP contribution in [0.5, 0.6) is 0 Å². The predicted molar refractivity (Wildman–Crippen MR) is 37.8 cm³/mol. The third-order valence-corrected chi connectivity index (χ3v) is 0.759. The molecule has 0 unspecified atom stereocenters. The van der Waals surface area contributed by atoms with E-state index in [1.54, 1.807) is 12.2 Å². The van der Waals surface area contributed by atoms with Gasteiger partial charge in [0.2, 0.25) is 5.91 Å². The molecule has 0 rings (SSSR count). The van der Waals surface area contributed by atoms with Crippen LogP contribution in [-0.4, -0.2) is 5.91 Å². The van der Waals surface area contributed by atoms with Gasteiger partial charge in [0.15, 0.2) is 0 Å². The van der Waals surface area contributed by atoms with Gasteiger partial charge < -0.3 is 5.73 Å². The molecule has 0 radical (unpaired) electrons. The summed E-state index contributed by atoms with van der Waals surface area (Å²) in [7, 11) is 0. The van der Waals surface area contributed by atoms with E-state index in [4.69, 9.17) is 5.73 Å². The highest BCUT2D eigenvalue weighted by molar-refractivity contribution is 5.75. The van der Waals surface area contributed by atoms with Crippen molar-refractivity contribution in [1.82, 2.24) is 0 Å². The van der Waals surface area contributed by atoms with E-state index in [1.165, 1.54) is 0 Å². The number of carbonyl (C=O) groups excluding carboxylic acids is 1. The third kappa shape index (κ3) is 6.95. The quantitative estimate of drug-likeness (QED) is 0.562. The molecule has 2 heteroatoms. The number of hydrogen-bond donors (Lipinski definition) is 1. The molecule has 0 aliphatic rings. The smallest absolute Gasteiger partial charge is 0.221 e. The second kappa shape index (κ2) is 5.09. The number of allylic oxidation sites excluding steroid dienone is 3. The second-order valence-electron chi connectivity index (χ2n) is 1.62. The van der Waals surface area contributed by atoms with Crippen molar-refractivity contribution < 1.29 is 4.79 Å². The molecule has 2 N–H and O–H groups in total. The van der Waals surface area contributed by atoms with E-state index in [-0.39, 0.29) is 5.91 Å². The van der Waals surface area contributed by atoms with Crippen molar-refractivity contribution in [2.75, 3.05) is 0 Å². The second-order valence-corrected chi connectivity index (χ2v) is 1.62. The average molecular weight is 125 g/mol. The molecule has 0 fully saturated rings. The molecule has 0 aromatic carbocycles. The highest BCUT2D eigenvalue weighted by Crippen LogP contribution is 1.81. The summed E-state index contributed by atoms with van der Waals surface area (Å²) in [5.41, 5.74) is 4.86. The summed E-state index contributed by atoms with van der Waals surface area (Å²) < 4.78 is 0. The molecule has 0 spiro atoms. The van der Waals surface area contributed by atoms with Gasteiger partial charge >= 0.3 is 0 Å². The Morgan fingerprint density at radius 2 is 2.22 bits per heavy atom. The first-order chi connectivity index (χ1) is 4.27. The van der Waals surface area contributed by atoms with E-state index >= 15 is 0 Å². The maximum Gasteiger partial charge on any atom is 0.221 e. The van der Waals surface area contributed by atoms with Gasteiger partial charge in [-0.15, -0.1) is 0 Å². The minimum atomic E-state index is -0.296. The Bertz CT molecular complexity index is 136. The molecule has 1 amide bonds. The molecular formula is C7H11NO. The maximum absolute atomic E-state index is 10.1. The van der Waals surface area contributed by atoms with Gasteiger partial charge in [0.1, 0.15) is 0 Å². The summed E-state index contributed by atoms with van der Waals surface area (Å²) >= 11 is 0. The van der Waals surface area contributed by atoms with E-state index in [1.807, 2.05) is 19.1 Å². The zero-order valence-electron chi connectivity index (χ0n) is 5.50. The lowest BCUT2D eigenvalue weighted by molar-refractivity contribution is -0.117. The summed E-state index contributed by atoms with van der Waals surface area (Å²) in [5, 5.41) is 0. The molecule has 0 heterocycles. The molecule has 0 atom stereocenters. The number of rotatable bonds is 3. The summed E-state index contributed by atoms with van der Waals surface area (Å²) in [6.07, 6.45) is 7.58. The van der Waals surface area contributed by atoms with Crippen LogP contribution in [0.3, 0.4) is 0 Å². The van der Waals surface area contributed by atoms with Gasteiger partial charge in [-0.3, -0.25) is 4.79 Å². The van der Waals surface area contributed by atoms with Crippen LogP contribution in [0.2, 0.25) is 0 Å². The molecule has 0 aromatic rings. The Kier molecular flexibility index (Phi) is 4.50. The Labute approximate surface area is 55.1 Å². The lowest BCUT2D eigenvalue weighted by Gasteiger charge is -1.80. The fraction of sp³-hybridized carbons (Fsp3) is 0.286. The van der Waals surface area contributed by atoms with Gasteiger partial charge in [0, 0.05) is 6.42 Å². The minimum Gasteiger partial charge on any atom is -0.369 e. The van der Waals surface area contributed by atoms with Crippen molar-refractivity contribution in [2.45, 2.75) is 13.3 Å². The van der Waals surface area contributed by atoms with E-state index in [0.29, 0.717) is 6.42 Å². The summed E-state index contributed by atoms with van der Waals surface area (Å²) in [4.78, 5) is 10.1. The van der Waals surface area contributed by atoms with Gasteiger partial charge in [0.25, 0.3) is 0 Å². The van der Waals surface area contributed by atoms with E-state index < -0.39 is 0 Å². The van der Waals surface area contributed by atoms with Crippen molar-refractivity contribution >= 4 is 5.91 Å². The van der Waals surface area contributed by atoms with Gasteiger partial charge in [-0.1, -0.05) is 24.3 Å². The first-order valence-corrected chi connectivity index (χ1v) is 2.83. The molecule has 50 valence electrons. The first kappa shape index (κ1) is 7.95. The fourth-order valence-corrected chi connectivity index (χ4v) is 0.374. The molecule has 0 aliphatic carbocycles. The highest BCUT2D eigenvalue weighted by atomic mass is 16.1. The van der Waals surface area contributed by atoms with Crippen molar-refractivity contribution in [3.63, 3.8) is 0 Å². The Morgan fingerprint density at radius 3 is 2.67 bits per heavy atom. The van der Waals surface area contributed by atoms with Gasteiger partial charge in [0.05, 0.1) is 0 Å². The van der Waals surface area contributed by atoms with Crippen LogP contribution >= 0.6 is 0 Å². The number of amides is 1. The zero-order valence-corrected chi connectivity index (χ0v) is 5.50. The van der Waals surface area contributed by atoms with Crippen LogP contribution < -0.4 is 5.73 Å². The minimum absolute atomic E-state index is 0.296. The number of primary amides is 1. The number of hydrogen-bond acceptors (Lipinski definition) is 1. The van der Waals surface area contributed by atoms with E-state index in [9.17, 15) is 4.79 Å². The zero-order chi connectivity index (χ0) is 7.11. The number of nitrogens with two attached hydrogens (primary N) is 1. The molecule has 0 bridgehead atoms. The van der Waals surface area contributed by atoms with Crippen LogP contribution in [0.15, 0.2) is 24.3 Å². The van der Waals surface area contributed by atoms with Crippen molar-refractivity contribution in [1.29, 1.82) is 0 Å². The molecule has 0 saturated heterocycles. The molecule has 0 saturated carbocycles. The maximum atomic E-state index is 10.1. The highest BCUT2D eigenvalue weighted by Gasteiger charge is 1.82. The number of carbonyl (C=O) groups is 1. The SMILES string of the molecule is C/C=C\C=C\CC(N)=O. The Morgan fingerprint density at radius 1 is 1.56 bits per heavy atom. The fourth-order valence-electron chi connectivity index (χ4n) is 0.374. The van der Waals surface area contributed by atoms with Crippen LogP contribution in [0.1, 0.15) is 13.3 Å². The van der Waals surface area contributed by atoms with E-state index in [0.717, 1.165) is 0 Å². The van der Waals surface area contributed by atoms with Gasteiger partial charge in [-0.2, -0.15) is 0 Å². The molecular weight excluding hydrogens is 114 g/mol. The molecule has 0 aromatic heterocycles. The molecule has 2 nitrogen and oxygen atoms in total. The van der Waals surface area contributed by atoms with Crippen LogP contribution in [0.25, 0.3) is 0 Å². The van der Waals surface area contributed by atoms with Crippen LogP contribution in [0, 0.1) is 0 Å². The van der Waals surface area contributed by atoms with Crippen LogP contribution in [-0.2, 0) is 4.79 Å². The lowest BCUT2D eigenvalue weighted by atomic mass is 10.3. The summed E-state index contributed by atoms with van der Waals surface area (Å²) in [6, 6.07) is 0. The standard InChI is InChI=1S/C7H11NO/c1-2-3-4-5-6-7(8)9/h2-5H,6H2,1H3,(H2,8,9)/b3-2-,5-4+. The van der Waals surface area contributed by atoms with Gasteiger partial charge in [-0.05, 0) is 6.92 Å². The molecule has 0 aliphatic heterocycles. The topological polar surface area (TPSA) is 43.1 Å². The van der Waals surface area contributed by atoms with E-state index in [2.05, 4.69) is 0 Å². The third-order valence-electron chi connectivity index (χ3n) is 0.759. The Balaban J connectivity index is 3.36. The first-order valence-electron chi connectivity index (χ1n) is 2.83. The monoisotopic (exact) mass is 125 g/mol. The van der Waals surface area contributed by atoms with Crippen molar-refractivity contribution in [2.24, 2.45) is 5.73 Å². The lowest BCUT2D eigenvalue weighted by Crippen LogP contribution is -2.07. The predicted octanol–water partition coefficient (Wildman–Crippen LogP) is 0.994. The average Bonchev–Trinajstić information content (AvgIpc) is 1.80.